The van der Waals surface area contributed by atoms with Gasteiger partial charge in [0, 0.05) is 91.7 Å². The molecule has 2 N–H and O–H groups in total. The number of halogens is 12. The molecule has 0 saturated carbocycles. The van der Waals surface area contributed by atoms with Crippen molar-refractivity contribution in [2.45, 2.75) is 98.7 Å². The molecule has 4 heterocycles. The molecule has 14 nitrogen and oxygen atoms in total. The van der Waals surface area contributed by atoms with Gasteiger partial charge in [-0.1, -0.05) is 143 Å². The second kappa shape index (κ2) is 31.9. The predicted molar refractivity (Wildman–Crippen MR) is 365 cm³/mol. The summed E-state index contributed by atoms with van der Waals surface area (Å²) in [4.78, 5) is 88.6. The van der Waals surface area contributed by atoms with Crippen LogP contribution >= 0.6 is 71.2 Å². The van der Waals surface area contributed by atoms with Crippen molar-refractivity contribution in [3.63, 3.8) is 0 Å². The highest BCUT2D eigenvalue weighted by Gasteiger charge is 2.48. The fourth-order valence-corrected chi connectivity index (χ4v) is 14.4. The van der Waals surface area contributed by atoms with Crippen molar-refractivity contribution in [1.29, 1.82) is 0 Å². The van der Waals surface area contributed by atoms with Gasteiger partial charge < -0.3 is 40.0 Å². The highest BCUT2D eigenvalue weighted by molar-refractivity contribution is 6.42. The van der Waals surface area contributed by atoms with Crippen LogP contribution in [0.3, 0.4) is 0 Å². The Labute approximate surface area is 587 Å². The molecule has 2 spiro atoms. The summed E-state index contributed by atoms with van der Waals surface area (Å²) in [6.07, 6.45) is -8.77. The number of amides is 6. The third kappa shape index (κ3) is 17.8. The van der Waals surface area contributed by atoms with Gasteiger partial charge in [0.05, 0.1) is 55.1 Å². The maximum Gasteiger partial charge on any atom is 0.397 e. The Morgan fingerprint density at radius 1 is 0.469 bits per heavy atom. The maximum atomic E-state index is 14.0. The summed E-state index contributed by atoms with van der Waals surface area (Å²) >= 11 is 25.5. The number of rotatable bonds is 18. The molecular formula is C70H76Cl6F6N8O6. The minimum absolute atomic E-state index is 0. The number of benzene rings is 6. The molecule has 4 aliphatic heterocycles. The van der Waals surface area contributed by atoms with E-state index in [4.69, 9.17) is 46.4 Å². The van der Waals surface area contributed by atoms with E-state index in [1.165, 1.54) is 23.9 Å². The Hall–Kier alpha value is -6.62. The van der Waals surface area contributed by atoms with E-state index >= 15 is 0 Å². The molecule has 6 amide bonds. The lowest BCUT2D eigenvalue weighted by molar-refractivity contribution is -0.163. The topological polar surface area (TPSA) is 146 Å². The van der Waals surface area contributed by atoms with Crippen LogP contribution in [-0.4, -0.2) is 158 Å². The standard InChI is InChI=1S/2C35H37Cl2F3N4O3.2ClH/c2*1-42(31(46)22-35(38,39)40)23-34(26-12-13-28(36)29(37)21-26,43(2)32(47)24-8-4-3-5-9-24)16-19-44-17-14-33(15-18-44)27-11-7-6-10-25(27)20-30(45)41-33;;/h2*3-13,21H,14-20,22-23H2,1-2H3,(H,41,45);2*1H/t2*34-;;/m11../s1. The first-order valence-corrected chi connectivity index (χ1v) is 32.4. The second-order valence-electron chi connectivity index (χ2n) is 25.0. The summed E-state index contributed by atoms with van der Waals surface area (Å²) in [7, 11) is 5.82. The van der Waals surface area contributed by atoms with Crippen LogP contribution in [0.25, 0.3) is 0 Å². The van der Waals surface area contributed by atoms with Crippen LogP contribution in [0.5, 0.6) is 0 Å². The first-order chi connectivity index (χ1) is 44.5. The molecule has 0 radical (unpaired) electrons. The van der Waals surface area contributed by atoms with Crippen LogP contribution in [0.4, 0.5) is 26.3 Å². The summed E-state index contributed by atoms with van der Waals surface area (Å²) in [5.74, 6) is -2.99. The monoisotopic (exact) mass is 1450 g/mol. The average Bonchev–Trinajstić information content (AvgIpc) is 0.778. The van der Waals surface area contributed by atoms with Crippen molar-refractivity contribution in [3.05, 3.63) is 210 Å². The number of carbonyl (C=O) groups excluding carboxylic acids is 6. The summed E-state index contributed by atoms with van der Waals surface area (Å²) in [6.45, 7) is 2.96. The lowest BCUT2D eigenvalue weighted by Crippen LogP contribution is -2.58. The second-order valence-corrected chi connectivity index (χ2v) is 26.6. The number of fused-ring (bicyclic) bond motifs is 4. The Balaban J connectivity index is 0.000000265. The van der Waals surface area contributed by atoms with Gasteiger partial charge in [0.2, 0.25) is 23.6 Å². The minimum Gasteiger partial charge on any atom is -0.346 e. The highest BCUT2D eigenvalue weighted by Crippen LogP contribution is 2.44. The molecule has 0 unspecified atom stereocenters. The van der Waals surface area contributed by atoms with E-state index in [0.29, 0.717) is 100 Å². The van der Waals surface area contributed by atoms with Crippen molar-refractivity contribution in [3.8, 4) is 0 Å². The number of piperidine rings is 2. The van der Waals surface area contributed by atoms with E-state index in [0.717, 1.165) is 32.1 Å². The number of nitrogens with one attached hydrogen (secondary N) is 2. The zero-order valence-corrected chi connectivity index (χ0v) is 58.0. The average molecular weight is 1450 g/mol. The molecule has 2 fully saturated rings. The Morgan fingerprint density at radius 2 is 0.792 bits per heavy atom. The van der Waals surface area contributed by atoms with Gasteiger partial charge in [0.1, 0.15) is 12.8 Å². The number of nitrogens with zero attached hydrogens (tertiary/aromatic N) is 6. The molecule has 0 aliphatic carbocycles. The van der Waals surface area contributed by atoms with E-state index in [-0.39, 0.29) is 94.5 Å². The molecule has 26 heteroatoms. The van der Waals surface area contributed by atoms with Gasteiger partial charge in [-0.2, -0.15) is 26.3 Å². The van der Waals surface area contributed by atoms with Crippen LogP contribution in [-0.2, 0) is 54.2 Å². The molecule has 4 aliphatic rings. The van der Waals surface area contributed by atoms with Crippen molar-refractivity contribution in [1.82, 2.24) is 40.0 Å². The number of hydrogen-bond donors (Lipinski definition) is 2. The molecule has 2 atom stereocenters. The number of alkyl halides is 6. The van der Waals surface area contributed by atoms with Gasteiger partial charge in [-0.25, -0.2) is 0 Å². The van der Waals surface area contributed by atoms with Crippen LogP contribution in [0.2, 0.25) is 20.1 Å². The van der Waals surface area contributed by atoms with Gasteiger partial charge in [-0.05, 0) is 120 Å². The Kier molecular flexibility index (Phi) is 25.5. The number of carbonyl (C=O) groups is 6. The smallest absolute Gasteiger partial charge is 0.346 e. The highest BCUT2D eigenvalue weighted by atomic mass is 35.5. The summed E-state index contributed by atoms with van der Waals surface area (Å²) < 4.78 is 79.9. The van der Waals surface area contributed by atoms with E-state index in [9.17, 15) is 55.1 Å². The first-order valence-electron chi connectivity index (χ1n) is 30.9. The molecule has 2 saturated heterocycles. The summed E-state index contributed by atoms with van der Waals surface area (Å²) in [5, 5.41) is 7.47. The van der Waals surface area contributed by atoms with Crippen LogP contribution < -0.4 is 10.6 Å². The zero-order chi connectivity index (χ0) is 68.0. The summed E-state index contributed by atoms with van der Waals surface area (Å²) in [6, 6.07) is 42.9. The van der Waals surface area contributed by atoms with Gasteiger partial charge >= 0.3 is 12.4 Å². The largest absolute Gasteiger partial charge is 0.397 e. The molecule has 0 bridgehead atoms. The third-order valence-corrected chi connectivity index (χ3v) is 20.5. The van der Waals surface area contributed by atoms with Crippen molar-refractivity contribution in [2.75, 3.05) is 80.5 Å². The zero-order valence-electron chi connectivity index (χ0n) is 53.3. The third-order valence-electron chi connectivity index (χ3n) is 19.0. The van der Waals surface area contributed by atoms with Crippen LogP contribution in [0, 0.1) is 0 Å². The van der Waals surface area contributed by atoms with Gasteiger partial charge in [-0.15, -0.1) is 24.8 Å². The van der Waals surface area contributed by atoms with Gasteiger partial charge in [0.15, 0.2) is 0 Å². The fraction of sp³-hybridized carbons (Fsp3) is 0.400. The van der Waals surface area contributed by atoms with Crippen LogP contribution in [0.1, 0.15) is 105 Å². The first kappa shape index (κ1) is 76.7. The normalized spacial score (nSPS) is 17.0. The van der Waals surface area contributed by atoms with Crippen LogP contribution in [0.15, 0.2) is 146 Å². The molecule has 6 aromatic carbocycles. The number of likely N-dealkylation sites (N-methyl/N-ethyl adjacent to an activating group) is 4. The molecule has 516 valence electrons. The van der Waals surface area contributed by atoms with E-state index < -0.39 is 59.2 Å². The number of hydrogen-bond acceptors (Lipinski definition) is 8. The minimum atomic E-state index is -4.69. The maximum absolute atomic E-state index is 14.0. The lowest BCUT2D eigenvalue weighted by atomic mass is 9.75. The predicted octanol–water partition coefficient (Wildman–Crippen LogP) is 13.7. The SMILES string of the molecule is CN(C[C@](CCN1CCC2(CC1)NC(=O)Cc1ccccc12)(c1ccc(Cl)c(Cl)c1)N(C)C(=O)c1ccccc1)C(=O)CC(F)(F)F.CN(C[C@](CCN1CCC2(CC1)NC(=O)Cc1ccccc12)(c1ccc(Cl)c(Cl)c1)N(C)C(=O)c1ccccc1)C(=O)CC(F)(F)F.Cl.Cl. The molecule has 10 rings (SSSR count). The molecule has 6 aromatic rings. The number of likely N-dealkylation sites (tertiary alicyclic amines) is 2. The van der Waals surface area contributed by atoms with Gasteiger partial charge in [0.25, 0.3) is 11.8 Å². The van der Waals surface area contributed by atoms with Crippen molar-refractivity contribution >= 4 is 107 Å². The van der Waals surface area contributed by atoms with Crippen molar-refractivity contribution in [2.24, 2.45) is 0 Å². The Bertz CT molecular complexity index is 3510. The van der Waals surface area contributed by atoms with E-state index in [1.54, 1.807) is 111 Å². The molecular weight excluding hydrogens is 1380 g/mol. The lowest BCUT2D eigenvalue weighted by Gasteiger charge is -2.48. The molecule has 0 aromatic heterocycles. The Morgan fingerprint density at radius 3 is 1.11 bits per heavy atom. The quantitative estimate of drug-likeness (QED) is 0.0809. The summed E-state index contributed by atoms with van der Waals surface area (Å²) in [5.41, 5.74) is 2.60. The van der Waals surface area contributed by atoms with Gasteiger partial charge in [-0.3, -0.25) is 28.8 Å². The molecule has 96 heavy (non-hydrogen) atoms. The fourth-order valence-electron chi connectivity index (χ4n) is 13.8. The van der Waals surface area contributed by atoms with Crippen molar-refractivity contribution < 1.29 is 55.1 Å². The van der Waals surface area contributed by atoms with E-state index in [2.05, 4.69) is 32.6 Å². The van der Waals surface area contributed by atoms with E-state index in [1.807, 2.05) is 36.4 Å².